The highest BCUT2D eigenvalue weighted by Crippen LogP contribution is 2.36. The number of aryl methyl sites for hydroxylation is 2. The van der Waals surface area contributed by atoms with Crippen molar-refractivity contribution in [2.75, 3.05) is 7.11 Å². The molecule has 3 aromatic carbocycles. The van der Waals surface area contributed by atoms with Crippen LogP contribution in [-0.4, -0.2) is 7.11 Å². The van der Waals surface area contributed by atoms with Crippen LogP contribution < -0.4 is 4.74 Å². The zero-order valence-corrected chi connectivity index (χ0v) is 20.9. The second kappa shape index (κ2) is 12.2. The molecule has 0 aliphatic heterocycles. The zero-order valence-electron chi connectivity index (χ0n) is 20.9. The Morgan fingerprint density at radius 1 is 0.800 bits per heavy atom. The second-order valence-electron chi connectivity index (χ2n) is 9.71. The van der Waals surface area contributed by atoms with Gasteiger partial charge in [-0.2, -0.15) is 4.39 Å². The molecular weight excluding hydrogens is 438 g/mol. The van der Waals surface area contributed by atoms with Crippen LogP contribution in [-0.2, 0) is 12.8 Å². The van der Waals surface area contributed by atoms with Crippen molar-refractivity contribution < 1.29 is 13.5 Å². The lowest BCUT2D eigenvalue weighted by atomic mass is 9.78. The summed E-state index contributed by atoms with van der Waals surface area (Å²) in [6.07, 6.45) is 14.1. The molecule has 0 bridgehead atoms. The number of rotatable bonds is 9. The normalized spacial score (nSPS) is 18.2. The molecule has 0 saturated heterocycles. The Morgan fingerprint density at radius 3 is 2.11 bits per heavy atom. The molecule has 0 N–H and O–H groups in total. The number of allylic oxidation sites excluding steroid dienone is 2. The number of benzene rings is 3. The molecule has 0 radical (unpaired) electrons. The summed E-state index contributed by atoms with van der Waals surface area (Å²) in [6.45, 7) is 2.23. The number of hydrogen-bond acceptors (Lipinski definition) is 1. The monoisotopic (exact) mass is 474 g/mol. The molecule has 3 heteroatoms. The molecule has 4 rings (SSSR count). The molecule has 184 valence electrons. The summed E-state index contributed by atoms with van der Waals surface area (Å²) in [5.74, 6) is -0.510. The van der Waals surface area contributed by atoms with Gasteiger partial charge in [0.2, 0.25) is 5.82 Å². The first-order valence-corrected chi connectivity index (χ1v) is 13.0. The van der Waals surface area contributed by atoms with Gasteiger partial charge in [-0.25, -0.2) is 4.39 Å². The van der Waals surface area contributed by atoms with Crippen molar-refractivity contribution in [3.63, 3.8) is 0 Å². The van der Waals surface area contributed by atoms with E-state index in [1.807, 2.05) is 24.3 Å². The second-order valence-corrected chi connectivity index (χ2v) is 9.71. The summed E-state index contributed by atoms with van der Waals surface area (Å²) in [5.41, 5.74) is 5.07. The van der Waals surface area contributed by atoms with Crippen molar-refractivity contribution in [3.05, 3.63) is 101 Å². The molecule has 0 unspecified atom stereocenters. The van der Waals surface area contributed by atoms with Crippen molar-refractivity contribution in [2.24, 2.45) is 5.92 Å². The molecule has 0 atom stereocenters. The molecule has 0 heterocycles. The van der Waals surface area contributed by atoms with Crippen LogP contribution in [0.2, 0.25) is 0 Å². The van der Waals surface area contributed by atoms with E-state index < -0.39 is 11.6 Å². The third-order valence-electron chi connectivity index (χ3n) is 7.30. The molecule has 1 aliphatic carbocycles. The Morgan fingerprint density at radius 2 is 1.46 bits per heavy atom. The van der Waals surface area contributed by atoms with Crippen molar-refractivity contribution in [3.8, 4) is 16.9 Å². The maximum absolute atomic E-state index is 14.4. The maximum atomic E-state index is 14.4. The first kappa shape index (κ1) is 25.2. The summed E-state index contributed by atoms with van der Waals surface area (Å²) in [4.78, 5) is 0. The molecule has 0 amide bonds. The lowest BCUT2D eigenvalue weighted by molar-refractivity contribution is 0.372. The molecule has 0 spiro atoms. The lowest BCUT2D eigenvalue weighted by Gasteiger charge is -2.27. The van der Waals surface area contributed by atoms with Gasteiger partial charge >= 0.3 is 0 Å². The molecule has 1 aliphatic rings. The topological polar surface area (TPSA) is 9.23 Å². The highest BCUT2D eigenvalue weighted by Gasteiger charge is 2.20. The predicted molar refractivity (Wildman–Crippen MR) is 141 cm³/mol. The molecular formula is C32H36F2O. The fourth-order valence-electron chi connectivity index (χ4n) is 5.19. The van der Waals surface area contributed by atoms with E-state index in [-0.39, 0.29) is 11.3 Å². The molecule has 1 saturated carbocycles. The quantitative estimate of drug-likeness (QED) is 0.281. The van der Waals surface area contributed by atoms with E-state index in [1.165, 1.54) is 68.4 Å². The van der Waals surface area contributed by atoms with Gasteiger partial charge in [-0.05, 0) is 91.2 Å². The van der Waals surface area contributed by atoms with Gasteiger partial charge in [0.25, 0.3) is 0 Å². The van der Waals surface area contributed by atoms with Crippen LogP contribution in [0.5, 0.6) is 5.75 Å². The van der Waals surface area contributed by atoms with Gasteiger partial charge < -0.3 is 4.74 Å². The first-order chi connectivity index (χ1) is 17.1. The Balaban J connectivity index is 1.24. The summed E-state index contributed by atoms with van der Waals surface area (Å²) < 4.78 is 33.2. The third-order valence-corrected chi connectivity index (χ3v) is 7.30. The van der Waals surface area contributed by atoms with E-state index in [0.29, 0.717) is 17.4 Å². The van der Waals surface area contributed by atoms with Gasteiger partial charge in [0, 0.05) is 5.56 Å². The lowest BCUT2D eigenvalue weighted by Crippen LogP contribution is -2.11. The minimum atomic E-state index is -0.946. The summed E-state index contributed by atoms with van der Waals surface area (Å²) in [6, 6.07) is 20.1. The van der Waals surface area contributed by atoms with Gasteiger partial charge in [0.05, 0.1) is 7.11 Å². The van der Waals surface area contributed by atoms with E-state index in [2.05, 4.69) is 43.3 Å². The Kier molecular flexibility index (Phi) is 8.74. The van der Waals surface area contributed by atoms with Crippen LogP contribution in [0.25, 0.3) is 11.1 Å². The summed E-state index contributed by atoms with van der Waals surface area (Å²) in [5, 5.41) is 0. The minimum Gasteiger partial charge on any atom is -0.494 e. The summed E-state index contributed by atoms with van der Waals surface area (Å²) >= 11 is 0. The largest absolute Gasteiger partial charge is 0.494 e. The minimum absolute atomic E-state index is 0.0794. The predicted octanol–water partition coefficient (Wildman–Crippen LogP) is 9.06. The molecule has 3 aromatic rings. The molecule has 1 nitrogen and oxygen atoms in total. The van der Waals surface area contributed by atoms with E-state index in [4.69, 9.17) is 4.74 Å². The van der Waals surface area contributed by atoms with E-state index in [0.717, 1.165) is 12.8 Å². The van der Waals surface area contributed by atoms with E-state index in [9.17, 15) is 8.78 Å². The molecule has 35 heavy (non-hydrogen) atoms. The fourth-order valence-corrected chi connectivity index (χ4v) is 5.19. The fraction of sp³-hybridized carbons (Fsp3) is 0.375. The van der Waals surface area contributed by atoms with Gasteiger partial charge in [-0.15, -0.1) is 0 Å². The first-order valence-electron chi connectivity index (χ1n) is 13.0. The van der Waals surface area contributed by atoms with Gasteiger partial charge in [0.1, 0.15) is 0 Å². The Bertz CT molecular complexity index is 1110. The zero-order chi connectivity index (χ0) is 24.6. The van der Waals surface area contributed by atoms with Gasteiger partial charge in [-0.1, -0.05) is 74.0 Å². The Labute approximate surface area is 208 Å². The number of ether oxygens (including phenoxy) is 1. The van der Waals surface area contributed by atoms with Crippen LogP contribution >= 0.6 is 0 Å². The summed E-state index contributed by atoms with van der Waals surface area (Å²) in [7, 11) is 1.33. The van der Waals surface area contributed by atoms with Crippen LogP contribution in [0.3, 0.4) is 0 Å². The smallest absolute Gasteiger partial charge is 0.201 e. The number of methoxy groups -OCH3 is 1. The third kappa shape index (κ3) is 6.39. The molecule has 1 fully saturated rings. The van der Waals surface area contributed by atoms with Crippen LogP contribution in [0.4, 0.5) is 8.78 Å². The average Bonchev–Trinajstić information content (AvgIpc) is 2.90. The van der Waals surface area contributed by atoms with Crippen LogP contribution in [0.15, 0.2) is 72.8 Å². The Hall–Kier alpha value is -2.94. The van der Waals surface area contributed by atoms with Crippen molar-refractivity contribution in [1.82, 2.24) is 0 Å². The standard InChI is InChI=1S/C32H36F2O/c1-3-6-23-9-15-26(16-10-23)27-17-11-24(12-18-27)7-4-5-8-25-13-19-28(20-14-25)29-21-22-30(35-2)32(34)31(29)33/h4,7,9-10,13-16,19-22,24,27H,3,5-6,8,11-12,17-18H2,1-2H3. The van der Waals surface area contributed by atoms with Gasteiger partial charge in [-0.3, -0.25) is 0 Å². The van der Waals surface area contributed by atoms with Crippen molar-refractivity contribution in [1.29, 1.82) is 0 Å². The number of halogens is 2. The SMILES string of the molecule is CCCc1ccc(C2CCC(C=CCCc3ccc(-c4ccc(OC)c(F)c4F)cc3)CC2)cc1. The van der Waals surface area contributed by atoms with Gasteiger partial charge in [0.15, 0.2) is 11.6 Å². The van der Waals surface area contributed by atoms with Crippen molar-refractivity contribution >= 4 is 0 Å². The highest BCUT2D eigenvalue weighted by molar-refractivity contribution is 5.65. The van der Waals surface area contributed by atoms with Crippen LogP contribution in [0, 0.1) is 17.6 Å². The highest BCUT2D eigenvalue weighted by atomic mass is 19.2. The van der Waals surface area contributed by atoms with E-state index in [1.54, 1.807) is 6.07 Å². The van der Waals surface area contributed by atoms with E-state index >= 15 is 0 Å². The van der Waals surface area contributed by atoms with Crippen molar-refractivity contribution in [2.45, 2.75) is 64.2 Å². The molecule has 0 aromatic heterocycles. The average molecular weight is 475 g/mol. The van der Waals surface area contributed by atoms with Crippen LogP contribution in [0.1, 0.15) is 68.1 Å². The number of hydrogen-bond donors (Lipinski definition) is 0. The maximum Gasteiger partial charge on any atom is 0.201 e.